The summed E-state index contributed by atoms with van der Waals surface area (Å²) in [6, 6.07) is 25.8. The molecule has 0 unspecified atom stereocenters. The molecule has 4 aliphatic heterocycles. The van der Waals surface area contributed by atoms with Gasteiger partial charge >= 0.3 is 12.0 Å². The number of aliphatic hydroxyl groups excluding tert-OH is 1. The maximum atomic E-state index is 15.0. The van der Waals surface area contributed by atoms with Crippen molar-refractivity contribution in [2.75, 3.05) is 67.2 Å². The first-order chi connectivity index (χ1) is 34.6. The van der Waals surface area contributed by atoms with Gasteiger partial charge in [0.2, 0.25) is 5.91 Å². The van der Waals surface area contributed by atoms with Crippen LogP contribution in [0.25, 0.3) is 0 Å². The summed E-state index contributed by atoms with van der Waals surface area (Å²) >= 11 is 0. The zero-order valence-corrected chi connectivity index (χ0v) is 40.6. The number of rotatable bonds is 16. The van der Waals surface area contributed by atoms with E-state index in [9.17, 15) is 28.7 Å². The number of benzene rings is 4. The zero-order chi connectivity index (χ0) is 50.7. The third-order valence-electron chi connectivity index (χ3n) is 13.7. The van der Waals surface area contributed by atoms with E-state index in [0.29, 0.717) is 12.3 Å². The summed E-state index contributed by atoms with van der Waals surface area (Å²) in [5, 5.41) is 17.3. The molecule has 0 radical (unpaired) electrons. The molecule has 18 nitrogen and oxygen atoms in total. The second-order valence-electron chi connectivity index (χ2n) is 18.9. The number of β-amino-alcohol motifs (C(OH)–C–C–N with tert-alkyl or cyclic N) is 1. The largest absolute Gasteiger partial charge is 0.488 e. The van der Waals surface area contributed by atoms with Crippen molar-refractivity contribution in [3.8, 4) is 5.75 Å². The van der Waals surface area contributed by atoms with Gasteiger partial charge in [0.25, 0.3) is 5.91 Å². The fraction of sp³-hybridized carbons (Fsp3) is 0.423. The fourth-order valence-electron chi connectivity index (χ4n) is 9.94. The molecule has 5 aromatic rings. The molecule has 20 heteroatoms. The molecule has 72 heavy (non-hydrogen) atoms. The average Bonchev–Trinajstić information content (AvgIpc) is 4.20. The molecular weight excluding hydrogens is 933 g/mol. The Kier molecular flexibility index (Phi) is 14.7. The highest BCUT2D eigenvalue weighted by atomic mass is 19.1. The van der Waals surface area contributed by atoms with E-state index in [1.165, 1.54) is 48.2 Å². The average molecular weight is 992 g/mol. The standard InChI is InChI=1S/C52H59F2N9O9/c1-33(2)61-27-47(37-7-5-36(6-8-37)25-56-49(66)46-24-42(65)26-62(46)50(67)34(3)71-35(4)64)63(51(61)68)41-12-10-39(11-13-41)58-19-21-59(22-20-58)40-14-16-43(17-15-40)69-28-48-70-30-52(72-48,29-60-32-55-31-57-60)44-18-9-38(53)23-45(44)54/h5-18,23,31-34,42,46-48,65H,19-22,24-30H2,1-4H3,(H,56,66)/t34-,42+,46-,47+,48-,52+/m0/s1. The smallest absolute Gasteiger partial charge is 0.325 e. The van der Waals surface area contributed by atoms with Crippen LogP contribution in [0.2, 0.25) is 0 Å². The minimum atomic E-state index is -1.27. The van der Waals surface area contributed by atoms with E-state index in [0.717, 1.165) is 60.4 Å². The number of nitrogens with zero attached hydrogens (tertiary/aromatic N) is 8. The summed E-state index contributed by atoms with van der Waals surface area (Å²) in [4.78, 5) is 65.2. The van der Waals surface area contributed by atoms with Gasteiger partial charge in [-0.3, -0.25) is 19.3 Å². The molecule has 1 aromatic heterocycles. The Morgan fingerprint density at radius 3 is 2.18 bits per heavy atom. The van der Waals surface area contributed by atoms with Crippen molar-refractivity contribution in [1.82, 2.24) is 29.9 Å². The number of ether oxygens (including phenoxy) is 4. The number of aromatic nitrogens is 3. The molecule has 4 aromatic carbocycles. The molecule has 4 fully saturated rings. The molecule has 4 aliphatic rings. The number of urea groups is 1. The van der Waals surface area contributed by atoms with Gasteiger partial charge in [0.1, 0.15) is 48.3 Å². The Bertz CT molecular complexity index is 2710. The molecule has 0 saturated carbocycles. The fourth-order valence-corrected chi connectivity index (χ4v) is 9.94. The highest BCUT2D eigenvalue weighted by Crippen LogP contribution is 2.39. The van der Waals surface area contributed by atoms with Gasteiger partial charge in [-0.1, -0.05) is 30.3 Å². The first-order valence-electron chi connectivity index (χ1n) is 24.2. The number of halogens is 2. The van der Waals surface area contributed by atoms with Gasteiger partial charge in [-0.05, 0) is 86.5 Å². The topological polar surface area (TPSA) is 184 Å². The molecule has 380 valence electrons. The van der Waals surface area contributed by atoms with Crippen LogP contribution >= 0.6 is 0 Å². The Morgan fingerprint density at radius 2 is 1.56 bits per heavy atom. The highest BCUT2D eigenvalue weighted by molar-refractivity contribution is 5.96. The van der Waals surface area contributed by atoms with Crippen molar-refractivity contribution in [3.05, 3.63) is 132 Å². The normalized spacial score (nSPS) is 22.7. The Labute approximate surface area is 416 Å². The van der Waals surface area contributed by atoms with Crippen LogP contribution in [-0.2, 0) is 47.3 Å². The van der Waals surface area contributed by atoms with Crippen LogP contribution in [0.1, 0.15) is 56.8 Å². The Morgan fingerprint density at radius 1 is 0.889 bits per heavy atom. The van der Waals surface area contributed by atoms with Crippen LogP contribution < -0.4 is 24.8 Å². The molecule has 9 rings (SSSR count). The lowest BCUT2D eigenvalue weighted by atomic mass is 9.94. The summed E-state index contributed by atoms with van der Waals surface area (Å²) in [7, 11) is 0. The first kappa shape index (κ1) is 49.8. The number of likely N-dealkylation sites (tertiary alicyclic amines) is 1. The zero-order valence-electron chi connectivity index (χ0n) is 40.6. The monoisotopic (exact) mass is 991 g/mol. The number of esters is 1. The number of aliphatic hydroxyl groups is 1. The van der Waals surface area contributed by atoms with Crippen molar-refractivity contribution < 1.29 is 52.0 Å². The lowest BCUT2D eigenvalue weighted by molar-refractivity contribution is -0.158. The number of hydrogen-bond acceptors (Lipinski definition) is 13. The van der Waals surface area contributed by atoms with Crippen LogP contribution in [0.4, 0.5) is 30.6 Å². The predicted molar refractivity (Wildman–Crippen MR) is 260 cm³/mol. The lowest BCUT2D eigenvalue weighted by Crippen LogP contribution is -2.49. The molecule has 4 saturated heterocycles. The van der Waals surface area contributed by atoms with Gasteiger partial charge in [-0.25, -0.2) is 23.2 Å². The van der Waals surface area contributed by atoms with E-state index < -0.39 is 59.6 Å². The second-order valence-corrected chi connectivity index (χ2v) is 18.9. The van der Waals surface area contributed by atoms with E-state index >= 15 is 4.39 Å². The van der Waals surface area contributed by atoms with Gasteiger partial charge in [0.05, 0.1) is 25.3 Å². The molecule has 4 amide bonds. The summed E-state index contributed by atoms with van der Waals surface area (Å²) < 4.78 is 53.7. The van der Waals surface area contributed by atoms with Crippen molar-refractivity contribution in [3.63, 3.8) is 0 Å². The summed E-state index contributed by atoms with van der Waals surface area (Å²) in [6.45, 7) is 10.6. The number of hydrogen-bond donors (Lipinski definition) is 2. The van der Waals surface area contributed by atoms with Crippen molar-refractivity contribution in [2.45, 2.75) is 89.4 Å². The lowest BCUT2D eigenvalue weighted by Gasteiger charge is -2.37. The number of anilines is 3. The SMILES string of the molecule is CC(=O)O[C@@H](C)C(=O)N1C[C@H](O)C[C@H]1C(=O)NCc1ccc([C@H]2CN(C(C)C)C(=O)N2c2ccc(N3CCN(c4ccc(OC[C@H]5OC[C@](Cn6cncn6)(c6ccc(F)cc6F)O5)cc4)CC3)cc2)cc1. The Balaban J connectivity index is 0.773. The van der Waals surface area contributed by atoms with Crippen LogP contribution in [0.5, 0.6) is 5.75 Å². The van der Waals surface area contributed by atoms with Crippen LogP contribution in [0.3, 0.4) is 0 Å². The molecule has 0 aliphatic carbocycles. The van der Waals surface area contributed by atoms with E-state index in [-0.39, 0.29) is 62.9 Å². The third-order valence-corrected chi connectivity index (χ3v) is 13.7. The third kappa shape index (κ3) is 10.8. The van der Waals surface area contributed by atoms with Gasteiger partial charge < -0.3 is 49.0 Å². The maximum Gasteiger partial charge on any atom is 0.325 e. The van der Waals surface area contributed by atoms with Crippen molar-refractivity contribution >= 4 is 40.9 Å². The van der Waals surface area contributed by atoms with Gasteiger partial charge in [-0.2, -0.15) is 5.10 Å². The van der Waals surface area contributed by atoms with E-state index in [2.05, 4.69) is 37.3 Å². The molecule has 2 N–H and O–H groups in total. The van der Waals surface area contributed by atoms with Gasteiger partial charge in [0.15, 0.2) is 12.4 Å². The summed E-state index contributed by atoms with van der Waals surface area (Å²) in [5.41, 5.74) is 3.54. The van der Waals surface area contributed by atoms with Crippen molar-refractivity contribution in [1.29, 1.82) is 0 Å². The van der Waals surface area contributed by atoms with Crippen molar-refractivity contribution in [2.24, 2.45) is 0 Å². The number of carbonyl (C=O) groups is 4. The Hall–Kier alpha value is -7.16. The van der Waals surface area contributed by atoms with Crippen LogP contribution in [-0.4, -0.2) is 137 Å². The second kappa shape index (κ2) is 21.3. The summed E-state index contributed by atoms with van der Waals surface area (Å²) in [5.74, 6) is -2.39. The molecular formula is C52H59F2N9O9. The van der Waals surface area contributed by atoms with Crippen LogP contribution in [0, 0.1) is 11.6 Å². The van der Waals surface area contributed by atoms with E-state index in [1.807, 2.05) is 84.3 Å². The first-order valence-corrected chi connectivity index (χ1v) is 24.2. The quantitative estimate of drug-likeness (QED) is 0.124. The predicted octanol–water partition coefficient (Wildman–Crippen LogP) is 5.15. The van der Waals surface area contributed by atoms with E-state index in [1.54, 1.807) is 0 Å². The summed E-state index contributed by atoms with van der Waals surface area (Å²) in [6.07, 6.45) is 0.169. The molecule has 5 heterocycles. The number of nitrogens with one attached hydrogen (secondary N) is 1. The van der Waals surface area contributed by atoms with Gasteiger partial charge in [0, 0.05) is 93.9 Å². The number of amides is 4. The molecule has 6 atom stereocenters. The van der Waals surface area contributed by atoms with Gasteiger partial charge in [-0.15, -0.1) is 0 Å². The van der Waals surface area contributed by atoms with Crippen LogP contribution in [0.15, 0.2) is 104 Å². The highest BCUT2D eigenvalue weighted by Gasteiger charge is 2.46. The molecule has 0 spiro atoms. The number of carbonyl (C=O) groups excluding carboxylic acids is 4. The number of piperazine rings is 1. The maximum absolute atomic E-state index is 15.0. The minimum Gasteiger partial charge on any atom is -0.488 e. The van der Waals surface area contributed by atoms with E-state index in [4.69, 9.17) is 18.9 Å². The minimum absolute atomic E-state index is 0.00177. The molecule has 0 bridgehead atoms.